The van der Waals surface area contributed by atoms with Gasteiger partial charge in [0.2, 0.25) is 0 Å². The van der Waals surface area contributed by atoms with Gasteiger partial charge in [0.25, 0.3) is 0 Å². The molecule has 5 nitrogen and oxygen atoms in total. The van der Waals surface area contributed by atoms with Crippen LogP contribution in [0, 0.1) is 29.2 Å². The summed E-state index contributed by atoms with van der Waals surface area (Å²) >= 11 is 0. The fraction of sp³-hybridized carbons (Fsp3) is 0.367. The van der Waals surface area contributed by atoms with Crippen LogP contribution >= 0.6 is 0 Å². The highest BCUT2D eigenvalue weighted by Crippen LogP contribution is 2.36. The normalized spacial score (nSPS) is 21.9. The Hall–Kier alpha value is -3.59. The molecular formula is C30H31F4N2O3+. The standard InChI is InChI=1S/C30H31F4N2O3/c31-23-8-6-21(7-9-23)19-35(27-5-2-1-4-25(27)33)30(37)39-29-20-36(15-12-22(29)13-16-36)14-3-17-38-28-11-10-24(32)18-26(28)34/h1-2,4-11,18,22,29H,3,12-17,19-20H2/q+1. The van der Waals surface area contributed by atoms with E-state index in [9.17, 15) is 22.4 Å². The number of quaternary nitrogens is 1. The van der Waals surface area contributed by atoms with Crippen molar-refractivity contribution in [3.8, 4) is 5.75 Å². The molecule has 1 amide bonds. The van der Waals surface area contributed by atoms with Crippen molar-refractivity contribution in [1.82, 2.24) is 0 Å². The number of halogens is 4. The van der Waals surface area contributed by atoms with Gasteiger partial charge < -0.3 is 14.0 Å². The molecule has 0 N–H and O–H groups in total. The zero-order chi connectivity index (χ0) is 27.4. The molecule has 3 saturated heterocycles. The number of piperidine rings is 3. The van der Waals surface area contributed by atoms with Crippen LogP contribution in [0.2, 0.25) is 0 Å². The molecule has 6 rings (SSSR count). The van der Waals surface area contributed by atoms with Gasteiger partial charge >= 0.3 is 6.09 Å². The maximum atomic E-state index is 14.7. The number of anilines is 1. The summed E-state index contributed by atoms with van der Waals surface area (Å²) in [7, 11) is 0. The number of amides is 1. The molecule has 3 fully saturated rings. The maximum Gasteiger partial charge on any atom is 0.415 e. The first kappa shape index (κ1) is 27.0. The zero-order valence-corrected chi connectivity index (χ0v) is 21.5. The number of hydrogen-bond donors (Lipinski definition) is 0. The molecule has 3 heterocycles. The van der Waals surface area contributed by atoms with Gasteiger partial charge in [-0.15, -0.1) is 0 Å². The van der Waals surface area contributed by atoms with Crippen LogP contribution < -0.4 is 9.64 Å². The molecule has 39 heavy (non-hydrogen) atoms. The molecule has 3 aromatic rings. The molecule has 0 radical (unpaired) electrons. The number of nitrogens with zero attached hydrogens (tertiary/aromatic N) is 2. The first-order valence-corrected chi connectivity index (χ1v) is 13.2. The summed E-state index contributed by atoms with van der Waals surface area (Å²) in [5, 5.41) is 0. The number of ether oxygens (including phenoxy) is 2. The molecular weight excluding hydrogens is 512 g/mol. The van der Waals surface area contributed by atoms with Gasteiger partial charge in [0, 0.05) is 31.2 Å². The van der Waals surface area contributed by atoms with E-state index in [0.717, 1.165) is 49.1 Å². The summed E-state index contributed by atoms with van der Waals surface area (Å²) in [4.78, 5) is 14.7. The van der Waals surface area contributed by atoms with Gasteiger partial charge in [-0.05, 0) is 42.0 Å². The van der Waals surface area contributed by atoms with E-state index in [1.807, 2.05) is 0 Å². The van der Waals surface area contributed by atoms with Crippen molar-refractivity contribution in [2.45, 2.75) is 31.9 Å². The van der Waals surface area contributed by atoms with Gasteiger partial charge in [-0.2, -0.15) is 0 Å². The molecule has 3 aliphatic rings. The summed E-state index contributed by atoms with van der Waals surface area (Å²) in [6, 6.07) is 15.0. The molecule has 3 aromatic carbocycles. The Labute approximate surface area is 225 Å². The average molecular weight is 544 g/mol. The number of carbonyl (C=O) groups is 1. The lowest BCUT2D eigenvalue weighted by Crippen LogP contribution is -2.65. The Bertz CT molecular complexity index is 1300. The van der Waals surface area contributed by atoms with Crippen molar-refractivity contribution < 1.29 is 36.3 Å². The van der Waals surface area contributed by atoms with E-state index in [1.54, 1.807) is 24.3 Å². The quantitative estimate of drug-likeness (QED) is 0.177. The van der Waals surface area contributed by atoms with Crippen molar-refractivity contribution in [2.24, 2.45) is 5.92 Å². The fourth-order valence-electron chi connectivity index (χ4n) is 5.73. The third-order valence-electron chi connectivity index (χ3n) is 7.84. The van der Waals surface area contributed by atoms with Crippen LogP contribution in [0.1, 0.15) is 24.8 Å². The van der Waals surface area contributed by atoms with Crippen LogP contribution in [0.3, 0.4) is 0 Å². The highest BCUT2D eigenvalue weighted by atomic mass is 19.1. The smallest absolute Gasteiger partial charge is 0.415 e. The van der Waals surface area contributed by atoms with Crippen LogP contribution in [-0.4, -0.2) is 49.5 Å². The van der Waals surface area contributed by atoms with Gasteiger partial charge in [-0.1, -0.05) is 24.3 Å². The third kappa shape index (κ3) is 6.36. The van der Waals surface area contributed by atoms with Gasteiger partial charge in [0.1, 0.15) is 24.0 Å². The van der Waals surface area contributed by atoms with E-state index in [1.165, 1.54) is 35.2 Å². The number of fused-ring (bicyclic) bond motifs is 3. The van der Waals surface area contributed by atoms with Crippen molar-refractivity contribution in [3.63, 3.8) is 0 Å². The Morgan fingerprint density at radius 2 is 1.62 bits per heavy atom. The Kier molecular flexibility index (Phi) is 8.07. The van der Waals surface area contributed by atoms with Crippen molar-refractivity contribution in [1.29, 1.82) is 0 Å². The first-order chi connectivity index (χ1) is 18.8. The van der Waals surface area contributed by atoms with Gasteiger partial charge in [-0.25, -0.2) is 22.4 Å². The molecule has 2 bridgehead atoms. The number of rotatable bonds is 9. The Morgan fingerprint density at radius 1 is 0.897 bits per heavy atom. The van der Waals surface area contributed by atoms with Gasteiger partial charge in [-0.3, -0.25) is 4.90 Å². The molecule has 0 saturated carbocycles. The molecule has 1 atom stereocenters. The predicted octanol–water partition coefficient (Wildman–Crippen LogP) is 6.46. The highest BCUT2D eigenvalue weighted by molar-refractivity contribution is 5.87. The lowest BCUT2D eigenvalue weighted by atomic mass is 9.83. The van der Waals surface area contributed by atoms with E-state index < -0.39 is 29.4 Å². The van der Waals surface area contributed by atoms with Crippen LogP contribution in [0.5, 0.6) is 5.75 Å². The molecule has 206 valence electrons. The monoisotopic (exact) mass is 543 g/mol. The second-order valence-corrected chi connectivity index (χ2v) is 10.4. The van der Waals surface area contributed by atoms with E-state index in [2.05, 4.69) is 0 Å². The van der Waals surface area contributed by atoms with Crippen LogP contribution in [-0.2, 0) is 11.3 Å². The van der Waals surface area contributed by atoms with Crippen molar-refractivity contribution in [2.75, 3.05) is 37.7 Å². The van der Waals surface area contributed by atoms with E-state index in [4.69, 9.17) is 9.47 Å². The SMILES string of the molecule is O=C(OC1C[N+]2(CCCOc3ccc(F)cc3F)CCC1CC2)N(Cc1ccc(F)cc1)c1ccccc1F. The first-order valence-electron chi connectivity index (χ1n) is 13.2. The summed E-state index contributed by atoms with van der Waals surface area (Å²) in [5.74, 6) is -2.07. The lowest BCUT2D eigenvalue weighted by Gasteiger charge is -2.52. The number of benzene rings is 3. The van der Waals surface area contributed by atoms with Crippen LogP contribution in [0.4, 0.5) is 28.0 Å². The van der Waals surface area contributed by atoms with E-state index >= 15 is 0 Å². The van der Waals surface area contributed by atoms with E-state index in [-0.39, 0.29) is 36.6 Å². The topological polar surface area (TPSA) is 38.8 Å². The van der Waals surface area contributed by atoms with Crippen molar-refractivity contribution >= 4 is 11.8 Å². The fourth-order valence-corrected chi connectivity index (χ4v) is 5.73. The van der Waals surface area contributed by atoms with E-state index in [0.29, 0.717) is 18.5 Å². The lowest BCUT2D eigenvalue weighted by molar-refractivity contribution is -0.946. The summed E-state index contributed by atoms with van der Waals surface area (Å²) < 4.78 is 67.5. The number of hydrogen-bond acceptors (Lipinski definition) is 3. The van der Waals surface area contributed by atoms with Crippen LogP contribution in [0.25, 0.3) is 0 Å². The number of para-hydroxylation sites is 1. The molecule has 0 aliphatic carbocycles. The Balaban J connectivity index is 1.23. The second-order valence-electron chi connectivity index (χ2n) is 10.4. The zero-order valence-electron chi connectivity index (χ0n) is 21.5. The largest absolute Gasteiger partial charge is 0.490 e. The van der Waals surface area contributed by atoms with Crippen molar-refractivity contribution in [3.05, 3.63) is 95.6 Å². The van der Waals surface area contributed by atoms with Gasteiger partial charge in [0.05, 0.1) is 38.5 Å². The molecule has 3 aliphatic heterocycles. The molecule has 9 heteroatoms. The molecule has 0 spiro atoms. The minimum atomic E-state index is -0.729. The maximum absolute atomic E-state index is 14.7. The summed E-state index contributed by atoms with van der Waals surface area (Å²) in [5.41, 5.74) is 0.744. The summed E-state index contributed by atoms with van der Waals surface area (Å²) in [6.07, 6.45) is 1.51. The minimum absolute atomic E-state index is 0.0231. The second kappa shape index (κ2) is 11.7. The van der Waals surface area contributed by atoms with Crippen LogP contribution in [0.15, 0.2) is 66.7 Å². The molecule has 1 unspecified atom stereocenters. The average Bonchev–Trinajstić information content (AvgIpc) is 2.93. The Morgan fingerprint density at radius 3 is 2.33 bits per heavy atom. The third-order valence-corrected chi connectivity index (χ3v) is 7.84. The summed E-state index contributed by atoms with van der Waals surface area (Å²) in [6.45, 7) is 3.65. The number of carbonyl (C=O) groups excluding carboxylic acids is 1. The molecule has 0 aromatic heterocycles. The predicted molar refractivity (Wildman–Crippen MR) is 138 cm³/mol. The minimum Gasteiger partial charge on any atom is -0.490 e. The highest BCUT2D eigenvalue weighted by Gasteiger charge is 2.47. The van der Waals surface area contributed by atoms with Gasteiger partial charge in [0.15, 0.2) is 17.7 Å².